The summed E-state index contributed by atoms with van der Waals surface area (Å²) in [6, 6.07) is 7.56. The van der Waals surface area contributed by atoms with E-state index in [-0.39, 0.29) is 0 Å². The largest absolute Gasteiger partial charge is 0.487 e. The van der Waals surface area contributed by atoms with Crippen molar-refractivity contribution in [3.05, 3.63) is 45.9 Å². The highest BCUT2D eigenvalue weighted by Gasteiger charge is 2.09. The Balaban J connectivity index is 2.01. The fourth-order valence-electron chi connectivity index (χ4n) is 1.85. The second kappa shape index (κ2) is 6.68. The fourth-order valence-corrected chi connectivity index (χ4v) is 2.74. The molecule has 0 spiro atoms. The minimum Gasteiger partial charge on any atom is -0.487 e. The molecule has 4 heteroatoms. The molecule has 0 aliphatic carbocycles. The Bertz CT molecular complexity index is 522. The quantitative estimate of drug-likeness (QED) is 0.875. The first kappa shape index (κ1) is 14.0. The van der Waals surface area contributed by atoms with Crippen LogP contribution in [0.3, 0.4) is 0 Å². The molecule has 19 heavy (non-hydrogen) atoms. The minimum absolute atomic E-state index is 0.448. The summed E-state index contributed by atoms with van der Waals surface area (Å²) in [6.07, 6.45) is 1.61. The Hall–Kier alpha value is -1.39. The molecule has 0 amide bonds. The van der Waals surface area contributed by atoms with Gasteiger partial charge in [-0.25, -0.2) is 4.98 Å². The summed E-state index contributed by atoms with van der Waals surface area (Å²) in [5.41, 5.74) is 1.76. The fraction of sp³-hybridized carbons (Fsp3) is 0.400. The molecule has 2 rings (SSSR count). The summed E-state index contributed by atoms with van der Waals surface area (Å²) >= 11 is 1.68. The Labute approximate surface area is 117 Å². The van der Waals surface area contributed by atoms with E-state index in [0.29, 0.717) is 6.61 Å². The standard InChI is InChI=1S/C15H19NO2S/c1-3-6-15-16-12(10-19-15)9-18-14-8-5-4-7-13(14)11(2)17/h4-5,7-8,10-11,17H,3,6,9H2,1-2H3. The molecule has 3 nitrogen and oxygen atoms in total. The molecular weight excluding hydrogens is 258 g/mol. The van der Waals surface area contributed by atoms with Gasteiger partial charge in [-0.15, -0.1) is 11.3 Å². The number of thiazole rings is 1. The predicted molar refractivity (Wildman–Crippen MR) is 77.5 cm³/mol. The molecule has 0 saturated heterocycles. The number of aryl methyl sites for hydroxylation is 1. The van der Waals surface area contributed by atoms with E-state index in [2.05, 4.69) is 11.9 Å². The highest BCUT2D eigenvalue weighted by Crippen LogP contribution is 2.25. The van der Waals surface area contributed by atoms with Crippen molar-refractivity contribution in [3.63, 3.8) is 0 Å². The third kappa shape index (κ3) is 3.78. The number of aliphatic hydroxyl groups is 1. The smallest absolute Gasteiger partial charge is 0.131 e. The molecule has 102 valence electrons. The Morgan fingerprint density at radius 2 is 2.16 bits per heavy atom. The Morgan fingerprint density at radius 1 is 1.37 bits per heavy atom. The maximum atomic E-state index is 9.68. The zero-order chi connectivity index (χ0) is 13.7. The summed E-state index contributed by atoms with van der Waals surface area (Å²) in [5, 5.41) is 12.9. The van der Waals surface area contributed by atoms with E-state index in [1.165, 1.54) is 0 Å². The van der Waals surface area contributed by atoms with Gasteiger partial charge in [-0.3, -0.25) is 0 Å². The highest BCUT2D eigenvalue weighted by molar-refractivity contribution is 7.09. The van der Waals surface area contributed by atoms with E-state index in [1.807, 2.05) is 29.6 Å². The van der Waals surface area contributed by atoms with Crippen LogP contribution in [-0.2, 0) is 13.0 Å². The van der Waals surface area contributed by atoms with Crippen LogP contribution < -0.4 is 4.74 Å². The molecule has 0 fully saturated rings. The van der Waals surface area contributed by atoms with Crippen LogP contribution in [0.4, 0.5) is 0 Å². The summed E-state index contributed by atoms with van der Waals surface area (Å²) in [4.78, 5) is 4.52. The third-order valence-corrected chi connectivity index (χ3v) is 3.77. The lowest BCUT2D eigenvalue weighted by atomic mass is 10.1. The second-order valence-electron chi connectivity index (χ2n) is 4.49. The Kier molecular flexibility index (Phi) is 4.93. The van der Waals surface area contributed by atoms with E-state index in [1.54, 1.807) is 18.3 Å². The van der Waals surface area contributed by atoms with Crippen LogP contribution in [-0.4, -0.2) is 10.1 Å². The first-order valence-corrected chi connectivity index (χ1v) is 7.41. The topological polar surface area (TPSA) is 42.4 Å². The van der Waals surface area contributed by atoms with E-state index in [9.17, 15) is 5.11 Å². The summed E-state index contributed by atoms with van der Waals surface area (Å²) in [6.45, 7) is 4.34. The van der Waals surface area contributed by atoms with Gasteiger partial charge in [-0.05, 0) is 25.8 Å². The molecule has 1 atom stereocenters. The number of aromatic nitrogens is 1. The first-order chi connectivity index (χ1) is 9.20. The molecule has 0 radical (unpaired) electrons. The van der Waals surface area contributed by atoms with Crippen molar-refractivity contribution in [2.24, 2.45) is 0 Å². The van der Waals surface area contributed by atoms with Crippen LogP contribution in [0, 0.1) is 0 Å². The number of para-hydroxylation sites is 1. The van der Waals surface area contributed by atoms with Gasteiger partial charge in [0.15, 0.2) is 0 Å². The average Bonchev–Trinajstić information content (AvgIpc) is 2.85. The number of benzene rings is 1. The summed E-state index contributed by atoms with van der Waals surface area (Å²) < 4.78 is 5.76. The SMILES string of the molecule is CCCc1nc(COc2ccccc2C(C)O)cs1. The lowest BCUT2D eigenvalue weighted by Gasteiger charge is -2.12. The van der Waals surface area contributed by atoms with Crippen LogP contribution in [0.25, 0.3) is 0 Å². The molecule has 1 N–H and O–H groups in total. The molecule has 0 aliphatic heterocycles. The number of nitrogens with zero attached hydrogens (tertiary/aromatic N) is 1. The number of hydrogen-bond donors (Lipinski definition) is 1. The number of aliphatic hydroxyl groups excluding tert-OH is 1. The molecule has 1 aromatic heterocycles. The third-order valence-electron chi connectivity index (χ3n) is 2.81. The van der Waals surface area contributed by atoms with Gasteiger partial charge in [0.25, 0.3) is 0 Å². The van der Waals surface area contributed by atoms with Gasteiger partial charge in [-0.1, -0.05) is 25.1 Å². The van der Waals surface area contributed by atoms with Crippen molar-refractivity contribution in [1.29, 1.82) is 0 Å². The van der Waals surface area contributed by atoms with Crippen molar-refractivity contribution < 1.29 is 9.84 Å². The van der Waals surface area contributed by atoms with Crippen molar-refractivity contribution in [1.82, 2.24) is 4.98 Å². The molecule has 2 aromatic rings. The number of hydrogen-bond acceptors (Lipinski definition) is 4. The molecule has 1 heterocycles. The van der Waals surface area contributed by atoms with Crippen LogP contribution in [0.5, 0.6) is 5.75 Å². The van der Waals surface area contributed by atoms with Crippen molar-refractivity contribution in [2.45, 2.75) is 39.4 Å². The molecule has 0 saturated carbocycles. The first-order valence-electron chi connectivity index (χ1n) is 6.53. The van der Waals surface area contributed by atoms with Crippen LogP contribution in [0.1, 0.15) is 42.6 Å². The van der Waals surface area contributed by atoms with Crippen molar-refractivity contribution in [3.8, 4) is 5.75 Å². The molecule has 1 aromatic carbocycles. The van der Waals surface area contributed by atoms with Gasteiger partial charge >= 0.3 is 0 Å². The van der Waals surface area contributed by atoms with E-state index < -0.39 is 6.10 Å². The maximum Gasteiger partial charge on any atom is 0.131 e. The maximum absolute atomic E-state index is 9.68. The van der Waals surface area contributed by atoms with E-state index >= 15 is 0 Å². The number of rotatable bonds is 6. The van der Waals surface area contributed by atoms with Crippen LogP contribution >= 0.6 is 11.3 Å². The van der Waals surface area contributed by atoms with E-state index in [0.717, 1.165) is 34.9 Å². The van der Waals surface area contributed by atoms with Crippen molar-refractivity contribution >= 4 is 11.3 Å². The van der Waals surface area contributed by atoms with Gasteiger partial charge < -0.3 is 9.84 Å². The lowest BCUT2D eigenvalue weighted by molar-refractivity contribution is 0.190. The zero-order valence-corrected chi connectivity index (χ0v) is 12.1. The monoisotopic (exact) mass is 277 g/mol. The Morgan fingerprint density at radius 3 is 2.89 bits per heavy atom. The summed E-state index contributed by atoms with van der Waals surface area (Å²) in [5.74, 6) is 0.725. The van der Waals surface area contributed by atoms with Gasteiger partial charge in [0.1, 0.15) is 12.4 Å². The molecular formula is C15H19NO2S. The molecule has 0 bridgehead atoms. The second-order valence-corrected chi connectivity index (χ2v) is 5.43. The van der Waals surface area contributed by atoms with Crippen LogP contribution in [0.2, 0.25) is 0 Å². The van der Waals surface area contributed by atoms with Crippen molar-refractivity contribution in [2.75, 3.05) is 0 Å². The van der Waals surface area contributed by atoms with E-state index in [4.69, 9.17) is 4.74 Å². The predicted octanol–water partition coefficient (Wildman–Crippen LogP) is 3.73. The number of ether oxygens (including phenoxy) is 1. The zero-order valence-electron chi connectivity index (χ0n) is 11.3. The van der Waals surface area contributed by atoms with Crippen LogP contribution in [0.15, 0.2) is 29.6 Å². The molecule has 1 unspecified atom stereocenters. The molecule has 0 aliphatic rings. The lowest BCUT2D eigenvalue weighted by Crippen LogP contribution is -2.01. The summed E-state index contributed by atoms with van der Waals surface area (Å²) in [7, 11) is 0. The average molecular weight is 277 g/mol. The van der Waals surface area contributed by atoms with Gasteiger partial charge in [-0.2, -0.15) is 0 Å². The normalized spacial score (nSPS) is 12.4. The van der Waals surface area contributed by atoms with Gasteiger partial charge in [0.2, 0.25) is 0 Å². The van der Waals surface area contributed by atoms with Gasteiger partial charge in [0, 0.05) is 10.9 Å². The minimum atomic E-state index is -0.526. The van der Waals surface area contributed by atoms with Gasteiger partial charge in [0.05, 0.1) is 16.8 Å². The highest BCUT2D eigenvalue weighted by atomic mass is 32.1.